The number of carbonyl (C=O) groups is 2. The van der Waals surface area contributed by atoms with Crippen LogP contribution in [0.15, 0.2) is 30.3 Å². The third-order valence-corrected chi connectivity index (χ3v) is 4.90. The Hall–Kier alpha value is -2.20. The molecule has 0 aliphatic rings. The molecule has 1 heterocycles. The first-order valence-corrected chi connectivity index (χ1v) is 8.81. The number of nitrogens with one attached hydrogen (secondary N) is 1. The van der Waals surface area contributed by atoms with Gasteiger partial charge in [0.15, 0.2) is 11.6 Å². The normalized spacial score (nSPS) is 12.4. The number of Topliss-reactive ketones (excluding diaryl/α,β-unsaturated/α-hetero) is 2. The summed E-state index contributed by atoms with van der Waals surface area (Å²) in [5.74, 6) is 0.0319. The van der Waals surface area contributed by atoms with Gasteiger partial charge in [-0.05, 0) is 65.3 Å². The summed E-state index contributed by atoms with van der Waals surface area (Å²) in [5, 5.41) is 0. The van der Waals surface area contributed by atoms with Crippen molar-refractivity contribution in [2.75, 3.05) is 13.6 Å². The Kier molecular flexibility index (Phi) is 6.32. The smallest absolute Gasteiger partial charge is 0.196 e. The lowest BCUT2D eigenvalue weighted by molar-refractivity contribution is 0.0862. The van der Waals surface area contributed by atoms with Gasteiger partial charge in [-0.15, -0.1) is 0 Å². The van der Waals surface area contributed by atoms with Crippen molar-refractivity contribution >= 4 is 11.6 Å². The fraction of sp³-hybridized carbons (Fsp3) is 0.429. The number of carbonyl (C=O) groups excluding carboxylic acids is 2. The minimum atomic E-state index is -0.229. The molecular formula is C21H28N2O2. The quantitative estimate of drug-likeness (QED) is 0.740. The Bertz CT molecular complexity index is 747. The van der Waals surface area contributed by atoms with Gasteiger partial charge in [0.1, 0.15) is 0 Å². The molecule has 2 aromatic rings. The molecule has 0 aliphatic heterocycles. The van der Waals surface area contributed by atoms with E-state index in [1.54, 1.807) is 0 Å². The minimum Gasteiger partial charge on any atom is -0.355 e. The Labute approximate surface area is 150 Å². The van der Waals surface area contributed by atoms with Gasteiger partial charge in [0, 0.05) is 11.3 Å². The van der Waals surface area contributed by atoms with E-state index in [2.05, 4.69) is 22.0 Å². The number of hydrogen-bond donors (Lipinski definition) is 1. The number of hydrogen-bond acceptors (Lipinski definition) is 3. The molecule has 1 aromatic carbocycles. The summed E-state index contributed by atoms with van der Waals surface area (Å²) in [6, 6.07) is 10.1. The molecule has 4 nitrogen and oxygen atoms in total. The van der Waals surface area contributed by atoms with Crippen LogP contribution in [0.5, 0.6) is 0 Å². The average Bonchev–Trinajstić information content (AvgIpc) is 2.88. The molecule has 0 aliphatic carbocycles. The van der Waals surface area contributed by atoms with E-state index in [0.29, 0.717) is 11.3 Å². The minimum absolute atomic E-state index is 0.00540. The molecule has 0 fully saturated rings. The summed E-state index contributed by atoms with van der Waals surface area (Å²) >= 11 is 0. The topological polar surface area (TPSA) is 53.2 Å². The predicted molar refractivity (Wildman–Crippen MR) is 101 cm³/mol. The van der Waals surface area contributed by atoms with E-state index < -0.39 is 0 Å². The average molecular weight is 340 g/mol. The van der Waals surface area contributed by atoms with Crippen molar-refractivity contribution < 1.29 is 9.59 Å². The number of rotatable bonds is 8. The summed E-state index contributed by atoms with van der Waals surface area (Å²) in [6.45, 7) is 7.99. The first kappa shape index (κ1) is 19.1. The van der Waals surface area contributed by atoms with Gasteiger partial charge in [0.05, 0.1) is 11.7 Å². The van der Waals surface area contributed by atoms with Crippen LogP contribution in [-0.4, -0.2) is 41.1 Å². The van der Waals surface area contributed by atoms with Crippen LogP contribution in [0.2, 0.25) is 0 Å². The molecule has 4 heteroatoms. The molecule has 2 rings (SSSR count). The van der Waals surface area contributed by atoms with E-state index in [9.17, 15) is 9.59 Å². The van der Waals surface area contributed by atoms with Gasteiger partial charge in [-0.1, -0.05) is 30.3 Å². The van der Waals surface area contributed by atoms with E-state index in [1.807, 2.05) is 46.0 Å². The van der Waals surface area contributed by atoms with Crippen LogP contribution in [0.4, 0.5) is 0 Å². The highest BCUT2D eigenvalue weighted by molar-refractivity contribution is 6.05. The maximum Gasteiger partial charge on any atom is 0.196 e. The SMILES string of the molecule is CC(=O)c1c(C)[nH]c(C(=O)[C@@H](C)N(C)CCCc2ccccc2)c1C. The largest absolute Gasteiger partial charge is 0.355 e. The zero-order chi connectivity index (χ0) is 18.6. The van der Waals surface area contributed by atoms with Crippen LogP contribution in [0.25, 0.3) is 0 Å². The van der Waals surface area contributed by atoms with Gasteiger partial charge in [-0.25, -0.2) is 0 Å². The molecule has 0 saturated heterocycles. The van der Waals surface area contributed by atoms with E-state index in [-0.39, 0.29) is 17.6 Å². The molecule has 0 bridgehead atoms. The van der Waals surface area contributed by atoms with Gasteiger partial charge in [0.25, 0.3) is 0 Å². The van der Waals surface area contributed by atoms with Crippen molar-refractivity contribution in [2.24, 2.45) is 0 Å². The van der Waals surface area contributed by atoms with Crippen molar-refractivity contribution in [3.8, 4) is 0 Å². The number of aromatic nitrogens is 1. The van der Waals surface area contributed by atoms with E-state index in [1.165, 1.54) is 12.5 Å². The number of H-pyrrole nitrogens is 1. The molecule has 0 spiro atoms. The van der Waals surface area contributed by atoms with Gasteiger partial charge in [-0.2, -0.15) is 0 Å². The van der Waals surface area contributed by atoms with Crippen LogP contribution >= 0.6 is 0 Å². The second-order valence-electron chi connectivity index (χ2n) is 6.79. The third-order valence-electron chi connectivity index (χ3n) is 4.90. The maximum atomic E-state index is 12.8. The monoisotopic (exact) mass is 340 g/mol. The molecule has 0 radical (unpaired) electrons. The first-order chi connectivity index (χ1) is 11.8. The number of aromatic amines is 1. The number of benzene rings is 1. The second-order valence-corrected chi connectivity index (χ2v) is 6.79. The Morgan fingerprint density at radius 1 is 1.16 bits per heavy atom. The van der Waals surface area contributed by atoms with Crippen LogP contribution < -0.4 is 0 Å². The van der Waals surface area contributed by atoms with Gasteiger partial charge in [-0.3, -0.25) is 14.5 Å². The Balaban J connectivity index is 1.99. The Morgan fingerprint density at radius 2 is 1.80 bits per heavy atom. The molecular weight excluding hydrogens is 312 g/mol. The Morgan fingerprint density at radius 3 is 2.36 bits per heavy atom. The lowest BCUT2D eigenvalue weighted by Crippen LogP contribution is -2.37. The molecule has 0 unspecified atom stereocenters. The van der Waals surface area contributed by atoms with Gasteiger partial charge >= 0.3 is 0 Å². The highest BCUT2D eigenvalue weighted by Gasteiger charge is 2.25. The molecule has 25 heavy (non-hydrogen) atoms. The number of nitrogens with zero attached hydrogens (tertiary/aromatic N) is 1. The fourth-order valence-electron chi connectivity index (χ4n) is 3.30. The summed E-state index contributed by atoms with van der Waals surface area (Å²) < 4.78 is 0. The maximum absolute atomic E-state index is 12.8. The molecule has 0 saturated carbocycles. The third kappa shape index (κ3) is 4.45. The fourth-order valence-corrected chi connectivity index (χ4v) is 3.30. The number of ketones is 2. The van der Waals surface area contributed by atoms with Crippen molar-refractivity contribution in [3.63, 3.8) is 0 Å². The van der Waals surface area contributed by atoms with E-state index >= 15 is 0 Å². The lowest BCUT2D eigenvalue weighted by Gasteiger charge is -2.23. The van der Waals surface area contributed by atoms with E-state index in [4.69, 9.17) is 0 Å². The highest BCUT2D eigenvalue weighted by Crippen LogP contribution is 2.20. The molecule has 1 N–H and O–H groups in total. The summed E-state index contributed by atoms with van der Waals surface area (Å²) in [6.07, 6.45) is 2.00. The lowest BCUT2D eigenvalue weighted by atomic mass is 10.0. The van der Waals surface area contributed by atoms with Gasteiger partial charge < -0.3 is 4.98 Å². The first-order valence-electron chi connectivity index (χ1n) is 8.81. The predicted octanol–water partition coefficient (Wildman–Crippen LogP) is 3.97. The van der Waals surface area contributed by atoms with Crippen molar-refractivity contribution in [3.05, 3.63) is 58.4 Å². The van der Waals surface area contributed by atoms with Crippen LogP contribution in [0.1, 0.15) is 57.9 Å². The van der Waals surface area contributed by atoms with Crippen LogP contribution in [-0.2, 0) is 6.42 Å². The summed E-state index contributed by atoms with van der Waals surface area (Å²) in [5.41, 5.74) is 4.05. The van der Waals surface area contributed by atoms with Crippen LogP contribution in [0, 0.1) is 13.8 Å². The molecule has 1 aromatic heterocycles. The standard InChI is InChI=1S/C21H28N2O2/c1-14-19(17(4)24)15(2)22-20(14)21(25)16(3)23(5)13-9-12-18-10-7-6-8-11-18/h6-8,10-11,16,22H,9,12-13H2,1-5H3/t16-/m1/s1. The molecule has 134 valence electrons. The second kappa shape index (κ2) is 8.26. The van der Waals surface area contributed by atoms with Crippen molar-refractivity contribution in [2.45, 2.75) is 46.6 Å². The zero-order valence-electron chi connectivity index (χ0n) is 15.8. The van der Waals surface area contributed by atoms with Crippen LogP contribution in [0.3, 0.4) is 0 Å². The molecule has 1 atom stereocenters. The summed E-state index contributed by atoms with van der Waals surface area (Å²) in [4.78, 5) is 29.8. The summed E-state index contributed by atoms with van der Waals surface area (Å²) in [7, 11) is 1.98. The highest BCUT2D eigenvalue weighted by atomic mass is 16.1. The van der Waals surface area contributed by atoms with Gasteiger partial charge in [0.2, 0.25) is 0 Å². The zero-order valence-corrected chi connectivity index (χ0v) is 15.8. The molecule has 0 amide bonds. The van der Waals surface area contributed by atoms with Crippen molar-refractivity contribution in [1.82, 2.24) is 9.88 Å². The van der Waals surface area contributed by atoms with Crippen molar-refractivity contribution in [1.29, 1.82) is 0 Å². The van der Waals surface area contributed by atoms with E-state index in [0.717, 1.165) is 30.6 Å². The number of aryl methyl sites for hydroxylation is 2. The number of likely N-dealkylation sites (N-methyl/N-ethyl adjacent to an activating group) is 1.